The lowest BCUT2D eigenvalue weighted by molar-refractivity contribution is -0.136. The summed E-state index contributed by atoms with van der Waals surface area (Å²) in [5.41, 5.74) is 3.21. The monoisotopic (exact) mass is 957 g/mol. The standard InChI is InChI=1S/C57H80O12/c1-7-63-55(58)45(4)48-25-31-51(32-26-48)66-39-21-15-10-13-19-37-61-43-54(69-42-24-18-12-17-23-41-68-53-35-29-50(30-36-53)47(6)57(60)65-9-3)44-62-38-20-14-11-16-22-40-67-52-33-27-49(28-34-52)46(5)56(59)64-8-2/h25-36,54H,4-24,37-44H2,1-3H3. The van der Waals surface area contributed by atoms with Gasteiger partial charge in [0.2, 0.25) is 0 Å². The van der Waals surface area contributed by atoms with E-state index in [4.69, 9.17) is 42.6 Å². The third-order valence-electron chi connectivity index (χ3n) is 11.1. The molecule has 0 heterocycles. The highest BCUT2D eigenvalue weighted by Gasteiger charge is 2.14. The molecule has 0 aliphatic heterocycles. The summed E-state index contributed by atoms with van der Waals surface area (Å²) in [5, 5.41) is 0. The molecule has 69 heavy (non-hydrogen) atoms. The average Bonchev–Trinajstić information content (AvgIpc) is 3.36. The maximum absolute atomic E-state index is 11.9. The van der Waals surface area contributed by atoms with Crippen LogP contribution >= 0.6 is 0 Å². The molecule has 0 spiro atoms. The molecule has 0 fully saturated rings. The van der Waals surface area contributed by atoms with Crippen LogP contribution in [0.5, 0.6) is 17.2 Å². The van der Waals surface area contributed by atoms with Crippen molar-refractivity contribution in [2.45, 2.75) is 123 Å². The van der Waals surface area contributed by atoms with Crippen LogP contribution in [0.4, 0.5) is 0 Å². The number of benzene rings is 3. The number of esters is 3. The van der Waals surface area contributed by atoms with Crippen molar-refractivity contribution in [3.8, 4) is 17.2 Å². The molecule has 0 amide bonds. The average molecular weight is 957 g/mol. The van der Waals surface area contributed by atoms with Gasteiger partial charge in [-0.05, 0) is 112 Å². The Bertz CT molecular complexity index is 1810. The van der Waals surface area contributed by atoms with E-state index in [9.17, 15) is 14.4 Å². The summed E-state index contributed by atoms with van der Waals surface area (Å²) in [4.78, 5) is 35.8. The fraction of sp³-hybridized carbons (Fsp3) is 0.526. The zero-order valence-electron chi connectivity index (χ0n) is 41.9. The maximum atomic E-state index is 11.9. The lowest BCUT2D eigenvalue weighted by Crippen LogP contribution is -2.27. The van der Waals surface area contributed by atoms with E-state index in [2.05, 4.69) is 19.7 Å². The normalized spacial score (nSPS) is 11.0. The van der Waals surface area contributed by atoms with Crippen LogP contribution in [-0.4, -0.2) is 96.7 Å². The summed E-state index contributed by atoms with van der Waals surface area (Å²) in [7, 11) is 0. The van der Waals surface area contributed by atoms with Crippen molar-refractivity contribution in [3.63, 3.8) is 0 Å². The summed E-state index contributed by atoms with van der Waals surface area (Å²) in [5.74, 6) is 1.09. The second kappa shape index (κ2) is 36.5. The number of carbonyl (C=O) groups excluding carboxylic acids is 3. The highest BCUT2D eigenvalue weighted by molar-refractivity contribution is 6.16. The van der Waals surface area contributed by atoms with E-state index < -0.39 is 17.9 Å². The fourth-order valence-corrected chi connectivity index (χ4v) is 7.07. The molecule has 0 aromatic heterocycles. The molecule has 0 unspecified atom stereocenters. The van der Waals surface area contributed by atoms with Gasteiger partial charge in [-0.2, -0.15) is 0 Å². The van der Waals surface area contributed by atoms with Gasteiger partial charge in [0.1, 0.15) is 23.4 Å². The summed E-state index contributed by atoms with van der Waals surface area (Å²) in [6, 6.07) is 22.1. The number of carbonyl (C=O) groups is 3. The van der Waals surface area contributed by atoms with Gasteiger partial charge in [-0.1, -0.05) is 114 Å². The van der Waals surface area contributed by atoms with Crippen LogP contribution in [-0.2, 0) is 42.8 Å². The van der Waals surface area contributed by atoms with Crippen molar-refractivity contribution in [2.24, 2.45) is 0 Å². The predicted molar refractivity (Wildman–Crippen MR) is 273 cm³/mol. The molecule has 12 heteroatoms. The third kappa shape index (κ3) is 25.1. The highest BCUT2D eigenvalue weighted by Crippen LogP contribution is 2.22. The molecule has 0 N–H and O–H groups in total. The molecule has 3 rings (SSSR count). The Kier molecular flexibility index (Phi) is 30.7. The van der Waals surface area contributed by atoms with E-state index in [-0.39, 0.29) is 6.10 Å². The summed E-state index contributed by atoms with van der Waals surface area (Å²) in [6.07, 6.45) is 15.6. The van der Waals surface area contributed by atoms with Crippen molar-refractivity contribution < 1.29 is 57.0 Å². The number of rotatable bonds is 41. The Morgan fingerprint density at radius 1 is 0.377 bits per heavy atom. The number of unbranched alkanes of at least 4 members (excludes halogenated alkanes) is 12. The lowest BCUT2D eigenvalue weighted by atomic mass is 10.1. The van der Waals surface area contributed by atoms with Gasteiger partial charge in [0, 0.05) is 19.8 Å². The summed E-state index contributed by atoms with van der Waals surface area (Å²) < 4.78 is 51.3. The fourth-order valence-electron chi connectivity index (χ4n) is 7.07. The molecule has 0 atom stereocenters. The Balaban J connectivity index is 1.27. The molecule has 0 aliphatic rings. The van der Waals surface area contributed by atoms with Crippen molar-refractivity contribution in [2.75, 3.05) is 72.7 Å². The van der Waals surface area contributed by atoms with E-state index in [1.807, 2.05) is 72.8 Å². The van der Waals surface area contributed by atoms with Crippen LogP contribution in [0, 0.1) is 0 Å². The van der Waals surface area contributed by atoms with Crippen molar-refractivity contribution >= 4 is 34.6 Å². The van der Waals surface area contributed by atoms with Crippen molar-refractivity contribution in [1.82, 2.24) is 0 Å². The smallest absolute Gasteiger partial charge is 0.338 e. The molecule has 0 saturated carbocycles. The van der Waals surface area contributed by atoms with Crippen LogP contribution in [0.3, 0.4) is 0 Å². The Morgan fingerprint density at radius 3 is 0.928 bits per heavy atom. The minimum Gasteiger partial charge on any atom is -0.494 e. The molecule has 3 aromatic rings. The maximum Gasteiger partial charge on any atom is 0.338 e. The second-order valence-corrected chi connectivity index (χ2v) is 16.7. The molecular weight excluding hydrogens is 877 g/mol. The van der Waals surface area contributed by atoms with Crippen molar-refractivity contribution in [3.05, 3.63) is 109 Å². The van der Waals surface area contributed by atoms with Crippen LogP contribution in [0.15, 0.2) is 92.5 Å². The first-order valence-electron chi connectivity index (χ1n) is 25.2. The molecule has 0 bridgehead atoms. The topological polar surface area (TPSA) is 134 Å². The van der Waals surface area contributed by atoms with Crippen LogP contribution in [0.25, 0.3) is 16.7 Å². The van der Waals surface area contributed by atoms with Crippen LogP contribution in [0.2, 0.25) is 0 Å². The lowest BCUT2D eigenvalue weighted by Gasteiger charge is -2.18. The van der Waals surface area contributed by atoms with E-state index >= 15 is 0 Å². The first-order valence-corrected chi connectivity index (χ1v) is 25.2. The van der Waals surface area contributed by atoms with Crippen LogP contribution < -0.4 is 14.2 Å². The first kappa shape index (κ1) is 57.9. The van der Waals surface area contributed by atoms with E-state index in [1.165, 1.54) is 0 Å². The molecule has 0 saturated heterocycles. The van der Waals surface area contributed by atoms with Gasteiger partial charge < -0.3 is 42.6 Å². The molecule has 12 nitrogen and oxygen atoms in total. The summed E-state index contributed by atoms with van der Waals surface area (Å²) in [6.45, 7) is 22.8. The Hall–Kier alpha value is -5.43. The van der Waals surface area contributed by atoms with Gasteiger partial charge in [0.05, 0.1) is 69.6 Å². The van der Waals surface area contributed by atoms with Gasteiger partial charge in [-0.15, -0.1) is 0 Å². The zero-order valence-corrected chi connectivity index (χ0v) is 41.9. The highest BCUT2D eigenvalue weighted by atomic mass is 16.6. The van der Waals surface area contributed by atoms with Gasteiger partial charge in [-0.25, -0.2) is 14.4 Å². The number of hydrogen-bond donors (Lipinski definition) is 0. The van der Waals surface area contributed by atoms with Gasteiger partial charge in [-0.3, -0.25) is 0 Å². The number of ether oxygens (including phenoxy) is 9. The van der Waals surface area contributed by atoms with Gasteiger partial charge >= 0.3 is 17.9 Å². The molecule has 0 aliphatic carbocycles. The summed E-state index contributed by atoms with van der Waals surface area (Å²) >= 11 is 0. The molecular formula is C57H80O12. The molecule has 0 radical (unpaired) electrons. The predicted octanol–water partition coefficient (Wildman–Crippen LogP) is 12.2. The quantitative estimate of drug-likeness (QED) is 0.0232. The third-order valence-corrected chi connectivity index (χ3v) is 11.1. The van der Waals surface area contributed by atoms with Gasteiger partial charge in [0.15, 0.2) is 0 Å². The number of hydrogen-bond acceptors (Lipinski definition) is 12. The molecule has 380 valence electrons. The Morgan fingerprint density at radius 2 is 0.638 bits per heavy atom. The first-order chi connectivity index (χ1) is 33.7. The Labute approximate surface area is 412 Å². The SMILES string of the molecule is C=C(C(=O)OCC)c1ccc(OCCCCCCCOCC(COCCCCCCCOc2ccc(C(=C)C(=O)OCC)cc2)OCCCCCCCOc2ccc(C(=C)C(=O)OCC)cc2)cc1. The van der Waals surface area contributed by atoms with Crippen molar-refractivity contribution in [1.29, 1.82) is 0 Å². The minimum absolute atomic E-state index is 0.108. The zero-order chi connectivity index (χ0) is 49.7. The van der Waals surface area contributed by atoms with E-state index in [0.29, 0.717) is 89.4 Å². The van der Waals surface area contributed by atoms with E-state index in [1.54, 1.807) is 20.8 Å². The largest absolute Gasteiger partial charge is 0.494 e. The van der Waals surface area contributed by atoms with E-state index in [0.717, 1.165) is 130 Å². The van der Waals surface area contributed by atoms with Gasteiger partial charge in [0.25, 0.3) is 0 Å². The van der Waals surface area contributed by atoms with Crippen LogP contribution in [0.1, 0.15) is 134 Å². The second-order valence-electron chi connectivity index (χ2n) is 16.7. The molecule has 3 aromatic carbocycles. The minimum atomic E-state index is -0.407.